The van der Waals surface area contributed by atoms with Crippen molar-refractivity contribution in [2.45, 2.75) is 58.5 Å². The van der Waals surface area contributed by atoms with Crippen molar-refractivity contribution in [2.24, 2.45) is 0 Å². The molecule has 1 aromatic carbocycles. The van der Waals surface area contributed by atoms with Crippen LogP contribution in [0.25, 0.3) is 11.2 Å². The first-order chi connectivity index (χ1) is 18.5. The predicted molar refractivity (Wildman–Crippen MR) is 145 cm³/mol. The number of esters is 1. The second-order valence-electron chi connectivity index (χ2n) is 9.15. The predicted octanol–water partition coefficient (Wildman–Crippen LogP) is 2.98. The number of carbonyl (C=O) groups is 1. The Kier molecular flexibility index (Phi) is 11.6. The minimum Gasteiger partial charge on any atom is -0.469 e. The van der Waals surface area contributed by atoms with Crippen LogP contribution in [0.1, 0.15) is 50.2 Å². The standard InChI is InChI=1S/C27H40N6O5/c1-4-5-16-38-26-30-24(28)23-25(31-26)33(27(29-23)37-3)14-7-6-12-32(13-9-15-34)19-21-11-8-10-20(17-21)18-22(35)36-2/h8,10-11,17,34H,4-7,9,12-16,18-19H2,1-3H3,(H2,28,30,31). The molecule has 0 aliphatic rings. The highest BCUT2D eigenvalue weighted by molar-refractivity contribution is 5.83. The van der Waals surface area contributed by atoms with Gasteiger partial charge in [0.25, 0.3) is 6.01 Å². The van der Waals surface area contributed by atoms with Crippen LogP contribution < -0.4 is 15.2 Å². The number of methoxy groups -OCH3 is 2. The van der Waals surface area contributed by atoms with Crippen LogP contribution in [0.3, 0.4) is 0 Å². The molecule has 0 spiro atoms. The Hall–Kier alpha value is -3.44. The number of imidazole rings is 1. The first kappa shape index (κ1) is 29.1. The minimum absolute atomic E-state index is 0.140. The number of aromatic nitrogens is 4. The number of unbranched alkanes of at least 4 members (excludes halogenated alkanes) is 2. The number of hydrogen-bond acceptors (Lipinski definition) is 10. The summed E-state index contributed by atoms with van der Waals surface area (Å²) in [6.45, 7) is 5.76. The average molecular weight is 529 g/mol. The van der Waals surface area contributed by atoms with Crippen LogP contribution in [0, 0.1) is 0 Å². The third-order valence-electron chi connectivity index (χ3n) is 6.19. The fraction of sp³-hybridized carbons (Fsp3) is 0.556. The van der Waals surface area contributed by atoms with Crippen molar-refractivity contribution >= 4 is 23.0 Å². The van der Waals surface area contributed by atoms with Gasteiger partial charge in [0.05, 0.1) is 27.2 Å². The van der Waals surface area contributed by atoms with E-state index in [9.17, 15) is 9.90 Å². The number of hydrogen-bond donors (Lipinski definition) is 2. The SMILES string of the molecule is CCCCOc1nc(N)c2nc(OC)n(CCCCN(CCCO)Cc3cccc(CC(=O)OC)c3)c2n1. The highest BCUT2D eigenvalue weighted by atomic mass is 16.5. The molecule has 0 saturated heterocycles. The van der Waals surface area contributed by atoms with E-state index in [0.29, 0.717) is 36.7 Å². The van der Waals surface area contributed by atoms with Crippen molar-refractivity contribution in [2.75, 3.05) is 46.3 Å². The van der Waals surface area contributed by atoms with E-state index in [1.807, 2.05) is 22.8 Å². The minimum atomic E-state index is -0.256. The third kappa shape index (κ3) is 8.29. The Balaban J connectivity index is 1.64. The van der Waals surface area contributed by atoms with Gasteiger partial charge < -0.3 is 25.1 Å². The zero-order chi connectivity index (χ0) is 27.3. The van der Waals surface area contributed by atoms with E-state index in [2.05, 4.69) is 32.8 Å². The molecule has 0 aliphatic carbocycles. The molecule has 208 valence electrons. The number of nitrogens with zero attached hydrogens (tertiary/aromatic N) is 5. The summed E-state index contributed by atoms with van der Waals surface area (Å²) in [5.74, 6) is 0.0107. The molecule has 0 unspecified atom stereocenters. The Bertz CT molecular complexity index is 1170. The number of nitrogen functional groups attached to an aromatic ring is 1. The van der Waals surface area contributed by atoms with Gasteiger partial charge in [-0.15, -0.1) is 0 Å². The molecule has 2 heterocycles. The lowest BCUT2D eigenvalue weighted by atomic mass is 10.1. The van der Waals surface area contributed by atoms with Gasteiger partial charge in [0.2, 0.25) is 0 Å². The summed E-state index contributed by atoms with van der Waals surface area (Å²) in [6.07, 6.45) is 4.64. The number of aryl methyl sites for hydroxylation is 1. The van der Waals surface area contributed by atoms with Crippen molar-refractivity contribution in [1.29, 1.82) is 0 Å². The van der Waals surface area contributed by atoms with E-state index in [1.165, 1.54) is 7.11 Å². The second kappa shape index (κ2) is 15.1. The van der Waals surface area contributed by atoms with Gasteiger partial charge in [-0.1, -0.05) is 37.6 Å². The van der Waals surface area contributed by atoms with Crippen molar-refractivity contribution in [3.63, 3.8) is 0 Å². The number of rotatable bonds is 17. The van der Waals surface area contributed by atoms with Crippen molar-refractivity contribution in [3.05, 3.63) is 35.4 Å². The van der Waals surface area contributed by atoms with Crippen LogP contribution in [0.5, 0.6) is 12.0 Å². The van der Waals surface area contributed by atoms with Gasteiger partial charge in [-0.3, -0.25) is 14.3 Å². The molecule has 0 aliphatic heterocycles. The zero-order valence-electron chi connectivity index (χ0n) is 22.7. The zero-order valence-corrected chi connectivity index (χ0v) is 22.7. The molecule has 11 nitrogen and oxygen atoms in total. The first-order valence-electron chi connectivity index (χ1n) is 13.2. The van der Waals surface area contributed by atoms with Crippen LogP contribution >= 0.6 is 0 Å². The van der Waals surface area contributed by atoms with Gasteiger partial charge in [-0.25, -0.2) is 0 Å². The summed E-state index contributed by atoms with van der Waals surface area (Å²) >= 11 is 0. The Morgan fingerprint density at radius 3 is 2.61 bits per heavy atom. The normalized spacial score (nSPS) is 11.3. The third-order valence-corrected chi connectivity index (χ3v) is 6.19. The van der Waals surface area contributed by atoms with Gasteiger partial charge in [-0.05, 0) is 43.4 Å². The van der Waals surface area contributed by atoms with Crippen LogP contribution in [0.4, 0.5) is 5.82 Å². The second-order valence-corrected chi connectivity index (χ2v) is 9.15. The van der Waals surface area contributed by atoms with Crippen LogP contribution in [0.15, 0.2) is 24.3 Å². The summed E-state index contributed by atoms with van der Waals surface area (Å²) in [5.41, 5.74) is 9.29. The van der Waals surface area contributed by atoms with Gasteiger partial charge in [-0.2, -0.15) is 15.0 Å². The van der Waals surface area contributed by atoms with Gasteiger partial charge in [0.1, 0.15) is 0 Å². The molecule has 38 heavy (non-hydrogen) atoms. The number of benzene rings is 1. The lowest BCUT2D eigenvalue weighted by molar-refractivity contribution is -0.139. The molecule has 0 atom stereocenters. The fourth-order valence-electron chi connectivity index (χ4n) is 4.22. The molecular formula is C27H40N6O5. The maximum Gasteiger partial charge on any atom is 0.320 e. The lowest BCUT2D eigenvalue weighted by Gasteiger charge is -2.22. The van der Waals surface area contributed by atoms with Gasteiger partial charge in [0.15, 0.2) is 17.0 Å². The molecule has 2 aromatic heterocycles. The van der Waals surface area contributed by atoms with Crippen LogP contribution in [-0.2, 0) is 29.0 Å². The maximum absolute atomic E-state index is 11.7. The first-order valence-corrected chi connectivity index (χ1v) is 13.2. The summed E-state index contributed by atoms with van der Waals surface area (Å²) < 4.78 is 17.9. The fourth-order valence-corrected chi connectivity index (χ4v) is 4.22. The lowest BCUT2D eigenvalue weighted by Crippen LogP contribution is -2.26. The summed E-state index contributed by atoms with van der Waals surface area (Å²) in [4.78, 5) is 27.2. The maximum atomic E-state index is 11.7. The number of aliphatic hydroxyl groups excluding tert-OH is 1. The van der Waals surface area contributed by atoms with Crippen LogP contribution in [0.2, 0.25) is 0 Å². The number of anilines is 1. The Morgan fingerprint density at radius 2 is 1.87 bits per heavy atom. The highest BCUT2D eigenvalue weighted by Gasteiger charge is 2.18. The topological polar surface area (TPSA) is 138 Å². The molecule has 0 radical (unpaired) electrons. The molecule has 0 amide bonds. The molecule has 0 saturated carbocycles. The molecule has 3 rings (SSSR count). The molecule has 3 N–H and O–H groups in total. The number of nitrogens with two attached hydrogens (primary N) is 1. The van der Waals surface area contributed by atoms with E-state index >= 15 is 0 Å². The molecule has 3 aromatic rings. The summed E-state index contributed by atoms with van der Waals surface area (Å²) in [5, 5.41) is 9.38. The molecule has 0 fully saturated rings. The highest BCUT2D eigenvalue weighted by Crippen LogP contribution is 2.26. The van der Waals surface area contributed by atoms with Crippen molar-refractivity contribution in [3.8, 4) is 12.0 Å². The smallest absolute Gasteiger partial charge is 0.320 e. The average Bonchev–Trinajstić information content (AvgIpc) is 3.28. The summed E-state index contributed by atoms with van der Waals surface area (Å²) in [7, 11) is 2.97. The number of aliphatic hydroxyl groups is 1. The summed E-state index contributed by atoms with van der Waals surface area (Å²) in [6, 6.07) is 8.66. The van der Waals surface area contributed by atoms with Gasteiger partial charge in [0, 0.05) is 26.2 Å². The van der Waals surface area contributed by atoms with E-state index in [-0.39, 0.29) is 30.8 Å². The van der Waals surface area contributed by atoms with E-state index in [1.54, 1.807) is 7.11 Å². The largest absolute Gasteiger partial charge is 0.469 e. The van der Waals surface area contributed by atoms with E-state index in [4.69, 9.17) is 19.9 Å². The van der Waals surface area contributed by atoms with E-state index < -0.39 is 0 Å². The Morgan fingerprint density at radius 1 is 1.08 bits per heavy atom. The van der Waals surface area contributed by atoms with Gasteiger partial charge >= 0.3 is 12.0 Å². The van der Waals surface area contributed by atoms with Crippen LogP contribution in [-0.4, -0.2) is 76.0 Å². The number of ether oxygens (including phenoxy) is 3. The molecular weight excluding hydrogens is 488 g/mol. The van der Waals surface area contributed by atoms with Crippen molar-refractivity contribution < 1.29 is 24.1 Å². The quantitative estimate of drug-likeness (QED) is 0.199. The van der Waals surface area contributed by atoms with E-state index in [0.717, 1.165) is 56.4 Å². The molecule has 0 bridgehead atoms. The molecule has 11 heteroatoms. The monoisotopic (exact) mass is 528 g/mol. The Labute approximate surface area is 223 Å². The number of fused-ring (bicyclic) bond motifs is 1. The number of carbonyl (C=O) groups excluding carboxylic acids is 1. The van der Waals surface area contributed by atoms with Crippen molar-refractivity contribution in [1.82, 2.24) is 24.4 Å².